The monoisotopic (exact) mass is 570 g/mol. The van der Waals surface area contributed by atoms with Crippen LogP contribution in [0.1, 0.15) is 24.0 Å². The fourth-order valence-electron chi connectivity index (χ4n) is 3.84. The molecule has 0 aliphatic carbocycles. The number of halogens is 7. The van der Waals surface area contributed by atoms with E-state index in [0.717, 1.165) is 43.7 Å². The Balaban J connectivity index is 0.000000317. The van der Waals surface area contributed by atoms with Crippen LogP contribution in [0.25, 0.3) is 0 Å². The van der Waals surface area contributed by atoms with Gasteiger partial charge in [-0.1, -0.05) is 12.1 Å². The maximum atomic E-state index is 13.1. The van der Waals surface area contributed by atoms with Gasteiger partial charge in [0.05, 0.1) is 12.7 Å². The molecule has 2 aliphatic rings. The highest BCUT2D eigenvalue weighted by Gasteiger charge is 2.44. The molecule has 1 aromatic heterocycles. The van der Waals surface area contributed by atoms with Gasteiger partial charge >= 0.3 is 24.3 Å². The van der Waals surface area contributed by atoms with Crippen LogP contribution in [0.15, 0.2) is 48.8 Å². The fourth-order valence-corrected chi connectivity index (χ4v) is 3.84. The first-order valence-electron chi connectivity index (χ1n) is 11.4. The SMILES string of the molecule is Fc1ccc(CN2C[C@@H](OCc3ccncc3)[C@@H]3OCCC[C@@H]32)cc1.O=C(O)C(F)(F)F.O=C(O)C(F)(F)F. The summed E-state index contributed by atoms with van der Waals surface area (Å²) in [5.41, 5.74) is 2.25. The minimum Gasteiger partial charge on any atom is -0.475 e. The third-order valence-corrected chi connectivity index (χ3v) is 5.58. The molecule has 0 unspecified atom stereocenters. The number of pyridine rings is 1. The van der Waals surface area contributed by atoms with E-state index < -0.39 is 24.3 Å². The van der Waals surface area contributed by atoms with E-state index in [1.54, 1.807) is 12.4 Å². The lowest BCUT2D eigenvalue weighted by atomic mass is 10.0. The lowest BCUT2D eigenvalue weighted by Crippen LogP contribution is -2.41. The second kappa shape index (κ2) is 14.2. The number of aromatic nitrogens is 1. The van der Waals surface area contributed by atoms with Crippen molar-refractivity contribution in [3.63, 3.8) is 0 Å². The van der Waals surface area contributed by atoms with Gasteiger partial charge in [0.1, 0.15) is 11.9 Å². The van der Waals surface area contributed by atoms with E-state index in [1.165, 1.54) is 12.1 Å². The number of carbonyl (C=O) groups is 2. The highest BCUT2D eigenvalue weighted by molar-refractivity contribution is 5.73. The van der Waals surface area contributed by atoms with Crippen molar-refractivity contribution in [3.05, 3.63) is 65.7 Å². The number of rotatable bonds is 5. The van der Waals surface area contributed by atoms with Crippen LogP contribution in [0.3, 0.4) is 0 Å². The molecule has 3 atom stereocenters. The summed E-state index contributed by atoms with van der Waals surface area (Å²) in [7, 11) is 0. The van der Waals surface area contributed by atoms with Crippen LogP contribution < -0.4 is 0 Å². The second-order valence-electron chi connectivity index (χ2n) is 8.41. The zero-order chi connectivity index (χ0) is 29.2. The summed E-state index contributed by atoms with van der Waals surface area (Å²) in [6.45, 7) is 3.03. The number of nitrogens with zero attached hydrogens (tertiary/aromatic N) is 2. The van der Waals surface area contributed by atoms with Crippen LogP contribution in [-0.4, -0.2) is 75.8 Å². The van der Waals surface area contributed by atoms with Crippen LogP contribution in [0.5, 0.6) is 0 Å². The molecule has 2 N–H and O–H groups in total. The maximum absolute atomic E-state index is 13.1. The molecule has 0 spiro atoms. The first-order chi connectivity index (χ1) is 18.2. The van der Waals surface area contributed by atoms with Crippen molar-refractivity contribution in [3.8, 4) is 0 Å². The van der Waals surface area contributed by atoms with Gasteiger partial charge in [-0.3, -0.25) is 9.88 Å². The first-order valence-corrected chi connectivity index (χ1v) is 11.4. The van der Waals surface area contributed by atoms with E-state index in [0.29, 0.717) is 12.6 Å². The number of hydrogen-bond donors (Lipinski definition) is 2. The average molecular weight is 570 g/mol. The third kappa shape index (κ3) is 10.8. The second-order valence-corrected chi connectivity index (χ2v) is 8.41. The Bertz CT molecular complexity index is 1030. The van der Waals surface area contributed by atoms with Gasteiger partial charge in [-0.05, 0) is 48.2 Å². The zero-order valence-electron chi connectivity index (χ0n) is 20.2. The topological polar surface area (TPSA) is 109 Å². The van der Waals surface area contributed by atoms with Crippen LogP contribution in [0.2, 0.25) is 0 Å². The van der Waals surface area contributed by atoms with Gasteiger partial charge in [0, 0.05) is 38.1 Å². The molecule has 3 heterocycles. The Morgan fingerprint density at radius 2 is 1.49 bits per heavy atom. The molecule has 0 amide bonds. The van der Waals surface area contributed by atoms with Crippen molar-refractivity contribution in [1.82, 2.24) is 9.88 Å². The van der Waals surface area contributed by atoms with Gasteiger partial charge in [0.25, 0.3) is 0 Å². The van der Waals surface area contributed by atoms with Gasteiger partial charge in [-0.2, -0.15) is 26.3 Å². The molecule has 2 aliphatic heterocycles. The highest BCUT2D eigenvalue weighted by Crippen LogP contribution is 2.32. The number of hydrogen-bond acceptors (Lipinski definition) is 6. The van der Waals surface area contributed by atoms with E-state index >= 15 is 0 Å². The Kier molecular flexibility index (Phi) is 11.6. The van der Waals surface area contributed by atoms with E-state index in [-0.39, 0.29) is 18.0 Å². The van der Waals surface area contributed by atoms with Crippen LogP contribution in [-0.2, 0) is 32.2 Å². The molecule has 2 saturated heterocycles. The highest BCUT2D eigenvalue weighted by atomic mass is 19.4. The molecule has 39 heavy (non-hydrogen) atoms. The Morgan fingerprint density at radius 1 is 0.949 bits per heavy atom. The van der Waals surface area contributed by atoms with Crippen molar-refractivity contribution in [1.29, 1.82) is 0 Å². The molecule has 15 heteroatoms. The summed E-state index contributed by atoms with van der Waals surface area (Å²) in [5.74, 6) is -5.71. The lowest BCUT2D eigenvalue weighted by Gasteiger charge is -2.32. The predicted molar refractivity (Wildman–Crippen MR) is 120 cm³/mol. The normalized spacial score (nSPS) is 21.1. The number of benzene rings is 1. The third-order valence-electron chi connectivity index (χ3n) is 5.58. The maximum Gasteiger partial charge on any atom is 0.490 e. The van der Waals surface area contributed by atoms with Gasteiger partial charge < -0.3 is 19.7 Å². The molecule has 4 rings (SSSR count). The summed E-state index contributed by atoms with van der Waals surface area (Å²) in [6, 6.07) is 11.1. The number of carboxylic acid groups (broad SMARTS) is 2. The molecular weight excluding hydrogens is 545 g/mol. The molecule has 8 nitrogen and oxygen atoms in total. The van der Waals surface area contributed by atoms with E-state index in [9.17, 15) is 30.7 Å². The quantitative estimate of drug-likeness (QED) is 0.509. The molecule has 2 aromatic rings. The van der Waals surface area contributed by atoms with Crippen molar-refractivity contribution in [2.45, 2.75) is 56.6 Å². The number of carboxylic acids is 2. The number of likely N-dealkylation sites (tertiary alicyclic amines) is 1. The number of alkyl halides is 6. The van der Waals surface area contributed by atoms with E-state index in [4.69, 9.17) is 29.3 Å². The molecule has 0 bridgehead atoms. The smallest absolute Gasteiger partial charge is 0.475 e. The van der Waals surface area contributed by atoms with Crippen molar-refractivity contribution in [2.75, 3.05) is 13.2 Å². The summed E-state index contributed by atoms with van der Waals surface area (Å²) in [6.07, 6.45) is -4.20. The van der Waals surface area contributed by atoms with Crippen LogP contribution in [0.4, 0.5) is 30.7 Å². The Labute approximate surface area is 218 Å². The summed E-state index contributed by atoms with van der Waals surface area (Å²) in [4.78, 5) is 24.3. The number of fused-ring (bicyclic) bond motifs is 1. The minimum absolute atomic E-state index is 0.0684. The van der Waals surface area contributed by atoms with Crippen molar-refractivity contribution >= 4 is 11.9 Å². The summed E-state index contributed by atoms with van der Waals surface area (Å²) < 4.78 is 88.8. The predicted octanol–water partition coefficient (Wildman–Crippen LogP) is 4.44. The largest absolute Gasteiger partial charge is 0.490 e. The molecule has 0 saturated carbocycles. The average Bonchev–Trinajstić information content (AvgIpc) is 3.22. The van der Waals surface area contributed by atoms with Crippen molar-refractivity contribution < 1.29 is 60.0 Å². The van der Waals surface area contributed by atoms with Crippen molar-refractivity contribution in [2.24, 2.45) is 0 Å². The fraction of sp³-hybridized carbons (Fsp3) is 0.458. The minimum atomic E-state index is -5.08. The Morgan fingerprint density at radius 3 is 2.00 bits per heavy atom. The zero-order valence-corrected chi connectivity index (χ0v) is 20.2. The molecule has 1 aromatic carbocycles. The number of ether oxygens (including phenoxy) is 2. The van der Waals surface area contributed by atoms with E-state index in [1.807, 2.05) is 24.3 Å². The standard InChI is InChI=1S/C20H23FN2O2.2C2HF3O2/c21-17-5-3-15(4-6-17)12-23-13-19(20-18(23)2-1-11-24-20)25-14-16-7-9-22-10-8-16;2*3-2(4,5)1(6)7/h3-10,18-20H,1-2,11-14H2;2*(H,6,7)/t18-,19+,20+;;/m0../s1. The first kappa shape index (κ1) is 31.9. The summed E-state index contributed by atoms with van der Waals surface area (Å²) in [5, 5.41) is 14.2. The van der Waals surface area contributed by atoms with E-state index in [2.05, 4.69) is 9.88 Å². The summed E-state index contributed by atoms with van der Waals surface area (Å²) >= 11 is 0. The van der Waals surface area contributed by atoms with Gasteiger partial charge in [-0.15, -0.1) is 0 Å². The molecule has 2 fully saturated rings. The Hall–Kier alpha value is -3.30. The molecular formula is C24H25F7N2O6. The molecule has 216 valence electrons. The van der Waals surface area contributed by atoms with Crippen LogP contribution >= 0.6 is 0 Å². The van der Waals surface area contributed by atoms with Crippen LogP contribution in [0, 0.1) is 5.82 Å². The van der Waals surface area contributed by atoms with Gasteiger partial charge in [0.15, 0.2) is 0 Å². The lowest BCUT2D eigenvalue weighted by molar-refractivity contribution is -0.193. The number of aliphatic carboxylic acids is 2. The van der Waals surface area contributed by atoms with Gasteiger partial charge in [-0.25, -0.2) is 14.0 Å². The molecule has 0 radical (unpaired) electrons. The van der Waals surface area contributed by atoms with Gasteiger partial charge in [0.2, 0.25) is 0 Å².